The van der Waals surface area contributed by atoms with Crippen molar-refractivity contribution < 1.29 is 19.8 Å². The van der Waals surface area contributed by atoms with Crippen molar-refractivity contribution in [3.05, 3.63) is 24.3 Å². The SMILES string of the molecule is C.C=C(C)C(=O)O.C=C(C)CC1(C)C2CC3CC(C2)CC1C3.CC1(C)C2CC3CC(C2)CC1C3.CC1(O)C2CC3CC(C2)CC1C3.O=C(Cl)CCl. The Balaban J connectivity index is 0.000000150. The van der Waals surface area contributed by atoms with Crippen molar-refractivity contribution in [1.29, 1.82) is 0 Å². The average molecular weight is 750 g/mol. The van der Waals surface area contributed by atoms with E-state index >= 15 is 0 Å². The van der Waals surface area contributed by atoms with Crippen LogP contribution in [0.2, 0.25) is 0 Å². The summed E-state index contributed by atoms with van der Waals surface area (Å²) < 4.78 is 0. The van der Waals surface area contributed by atoms with Gasteiger partial charge in [0.05, 0.1) is 11.5 Å². The average Bonchev–Trinajstić information content (AvgIpc) is 3.02. The minimum atomic E-state index is -0.935. The smallest absolute Gasteiger partial charge is 0.330 e. The minimum Gasteiger partial charge on any atom is -0.478 e. The Hall–Kier alpha value is -0.840. The lowest BCUT2D eigenvalue weighted by atomic mass is 9.45. The zero-order valence-electron chi connectivity index (χ0n) is 32.3. The maximum atomic E-state index is 10.3. The predicted octanol–water partition coefficient (Wildman–Crippen LogP) is 12.4. The number of carboxylic acid groups (broad SMARTS) is 1. The van der Waals surface area contributed by atoms with Crippen molar-refractivity contribution >= 4 is 34.4 Å². The number of hydrogen-bond donors (Lipinski definition) is 2. The third-order valence-corrected chi connectivity index (χ3v) is 16.7. The number of carbonyl (C=O) groups excluding carboxylic acids is 1. The molecule has 0 heterocycles. The van der Waals surface area contributed by atoms with Crippen molar-refractivity contribution in [3.63, 3.8) is 0 Å². The van der Waals surface area contributed by atoms with E-state index in [1.54, 1.807) is 38.5 Å². The summed E-state index contributed by atoms with van der Waals surface area (Å²) in [6, 6.07) is 0. The lowest BCUT2D eigenvalue weighted by Crippen LogP contribution is -2.55. The van der Waals surface area contributed by atoms with Gasteiger partial charge in [0.1, 0.15) is 0 Å². The summed E-state index contributed by atoms with van der Waals surface area (Å²) in [5, 5.41) is 17.7. The van der Waals surface area contributed by atoms with Crippen LogP contribution in [-0.2, 0) is 9.59 Å². The van der Waals surface area contributed by atoms with Crippen LogP contribution in [0.25, 0.3) is 0 Å². The number of halogens is 2. The minimum absolute atomic E-state index is 0. The molecule has 0 aromatic rings. The van der Waals surface area contributed by atoms with E-state index in [2.05, 4.69) is 47.8 Å². The molecule has 0 radical (unpaired) electrons. The molecule has 4 nitrogen and oxygen atoms in total. The molecule has 0 unspecified atom stereocenters. The third-order valence-electron chi connectivity index (χ3n) is 16.2. The van der Waals surface area contributed by atoms with Gasteiger partial charge in [-0.2, -0.15) is 0 Å². The van der Waals surface area contributed by atoms with E-state index in [9.17, 15) is 14.7 Å². The second kappa shape index (κ2) is 16.9. The van der Waals surface area contributed by atoms with E-state index in [1.807, 2.05) is 0 Å². The summed E-state index contributed by atoms with van der Waals surface area (Å²) in [6.45, 7) is 20.7. The maximum Gasteiger partial charge on any atom is 0.330 e. The van der Waals surface area contributed by atoms with Gasteiger partial charge in [0, 0.05) is 5.57 Å². The molecule has 12 aliphatic rings. The number of aliphatic hydroxyl groups is 1. The van der Waals surface area contributed by atoms with Crippen molar-refractivity contribution in [2.75, 3.05) is 5.88 Å². The van der Waals surface area contributed by atoms with Crippen LogP contribution in [0.3, 0.4) is 0 Å². The first-order valence-electron chi connectivity index (χ1n) is 20.3. The van der Waals surface area contributed by atoms with Crippen LogP contribution < -0.4 is 0 Å². The van der Waals surface area contributed by atoms with Gasteiger partial charge in [-0.1, -0.05) is 40.3 Å². The third kappa shape index (κ3) is 9.70. The monoisotopic (exact) mass is 748 g/mol. The van der Waals surface area contributed by atoms with Crippen LogP contribution in [-0.4, -0.2) is 32.9 Å². The van der Waals surface area contributed by atoms with Crippen molar-refractivity contribution in [2.24, 2.45) is 81.8 Å². The van der Waals surface area contributed by atoms with Gasteiger partial charge < -0.3 is 10.2 Å². The molecule has 6 heteroatoms. The molecule has 12 rings (SSSR count). The van der Waals surface area contributed by atoms with Crippen LogP contribution >= 0.6 is 23.2 Å². The Kier molecular flexibility index (Phi) is 14.2. The highest BCUT2D eigenvalue weighted by Crippen LogP contribution is 2.64. The van der Waals surface area contributed by atoms with E-state index in [-0.39, 0.29) is 24.5 Å². The molecule has 0 aromatic heterocycles. The van der Waals surface area contributed by atoms with E-state index in [0.717, 1.165) is 59.2 Å². The summed E-state index contributed by atoms with van der Waals surface area (Å²) in [5.74, 6) is 11.0. The van der Waals surface area contributed by atoms with Crippen LogP contribution in [0.1, 0.15) is 152 Å². The van der Waals surface area contributed by atoms with E-state index < -0.39 is 11.2 Å². The molecule has 0 aromatic carbocycles. The number of carboxylic acids is 1. The molecule has 0 saturated heterocycles. The summed E-state index contributed by atoms with van der Waals surface area (Å²) in [7, 11) is 0. The Morgan fingerprint density at radius 2 is 0.863 bits per heavy atom. The molecular formula is C45H74Cl2O4. The molecule has 12 aliphatic carbocycles. The van der Waals surface area contributed by atoms with E-state index in [4.69, 9.17) is 28.3 Å². The molecule has 12 fully saturated rings. The molecular weight excluding hydrogens is 675 g/mol. The van der Waals surface area contributed by atoms with Gasteiger partial charge in [-0.25, -0.2) is 4.79 Å². The summed E-state index contributed by atoms with van der Waals surface area (Å²) in [6.07, 6.45) is 23.6. The zero-order chi connectivity index (χ0) is 36.8. The normalized spacial score (nSPS) is 44.5. The standard InChI is InChI=1S/C15H24.C12H20.C11H18O.C4H6O2.C2H2Cl2O.CH4/c1-10(2)9-15(3)13-5-11-4-12(7-13)8-14(15)6-11;1-12(2)10-4-8-3-9(6-10)7-11(12)5-8;1-11(12)9-3-7-2-8(5-9)6-10(11)4-7;1-3(2)4(5)6;3-1-2(4)5;/h11-14H,1,4-9H2,2-3H3;8-11H,3-7H2,1-2H3;7-10,12H,2-6H2,1H3;1H2,2H3,(H,5,6);1H2;1H4. The molecule has 12 saturated carbocycles. The van der Waals surface area contributed by atoms with Crippen molar-refractivity contribution in [2.45, 2.75) is 157 Å². The van der Waals surface area contributed by atoms with Crippen LogP contribution in [0.15, 0.2) is 24.3 Å². The van der Waals surface area contributed by atoms with Gasteiger partial charge in [0.15, 0.2) is 0 Å². The summed E-state index contributed by atoms with van der Waals surface area (Å²) >= 11 is 9.55. The fraction of sp³-hybridized carbons (Fsp3) is 0.867. The van der Waals surface area contributed by atoms with Gasteiger partial charge in [-0.3, -0.25) is 4.79 Å². The van der Waals surface area contributed by atoms with Gasteiger partial charge >= 0.3 is 5.97 Å². The first kappa shape index (κ1) is 42.9. The maximum absolute atomic E-state index is 10.3. The summed E-state index contributed by atoms with van der Waals surface area (Å²) in [4.78, 5) is 19.0. The topological polar surface area (TPSA) is 74.6 Å². The molecule has 292 valence electrons. The van der Waals surface area contributed by atoms with Crippen molar-refractivity contribution in [3.8, 4) is 0 Å². The number of carbonyl (C=O) groups is 2. The van der Waals surface area contributed by atoms with Gasteiger partial charge in [0.25, 0.3) is 0 Å². The lowest BCUT2D eigenvalue weighted by molar-refractivity contribution is -0.161. The van der Waals surface area contributed by atoms with Gasteiger partial charge in [-0.15, -0.1) is 18.2 Å². The summed E-state index contributed by atoms with van der Waals surface area (Å²) in [5.41, 5.74) is 2.61. The number of rotatable bonds is 4. The highest BCUT2D eigenvalue weighted by Gasteiger charge is 2.55. The van der Waals surface area contributed by atoms with Crippen LogP contribution in [0.5, 0.6) is 0 Å². The predicted molar refractivity (Wildman–Crippen MR) is 214 cm³/mol. The number of allylic oxidation sites excluding steroid dienone is 1. The Labute approximate surface area is 322 Å². The second-order valence-corrected chi connectivity index (χ2v) is 20.9. The molecule has 12 bridgehead atoms. The van der Waals surface area contributed by atoms with Crippen LogP contribution in [0, 0.1) is 81.8 Å². The zero-order valence-corrected chi connectivity index (χ0v) is 33.8. The first-order chi connectivity index (χ1) is 23.3. The van der Waals surface area contributed by atoms with E-state index in [1.165, 1.54) is 76.7 Å². The van der Waals surface area contributed by atoms with Gasteiger partial charge in [-0.05, 0) is 217 Å². The molecule has 0 amide bonds. The molecule has 51 heavy (non-hydrogen) atoms. The largest absolute Gasteiger partial charge is 0.478 e. The number of aliphatic carboxylic acids is 1. The number of hydrogen-bond acceptors (Lipinski definition) is 3. The molecule has 0 atom stereocenters. The number of alkyl halides is 1. The lowest BCUT2D eigenvalue weighted by Gasteiger charge is -2.60. The quantitative estimate of drug-likeness (QED) is 0.130. The highest BCUT2D eigenvalue weighted by atomic mass is 35.5. The van der Waals surface area contributed by atoms with E-state index in [0.29, 0.717) is 22.7 Å². The van der Waals surface area contributed by atoms with Gasteiger partial charge in [0.2, 0.25) is 5.24 Å². The Morgan fingerprint density at radius 1 is 0.608 bits per heavy atom. The highest BCUT2D eigenvalue weighted by molar-refractivity contribution is 6.67. The molecule has 0 aliphatic heterocycles. The Morgan fingerprint density at radius 3 is 1.10 bits per heavy atom. The fourth-order valence-corrected chi connectivity index (χ4v) is 13.7. The Bertz CT molecular complexity index is 1100. The molecule has 2 N–H and O–H groups in total. The van der Waals surface area contributed by atoms with Crippen molar-refractivity contribution in [1.82, 2.24) is 0 Å². The molecule has 0 spiro atoms. The second-order valence-electron chi connectivity index (χ2n) is 20.2. The fourth-order valence-electron chi connectivity index (χ4n) is 13.7. The first-order valence-corrected chi connectivity index (χ1v) is 21.2. The van der Waals surface area contributed by atoms with Crippen LogP contribution in [0.4, 0.5) is 0 Å².